The second-order valence-corrected chi connectivity index (χ2v) is 4.94. The zero-order valence-electron chi connectivity index (χ0n) is 11.3. The van der Waals surface area contributed by atoms with E-state index < -0.39 is 23.2 Å². The number of benzene rings is 1. The smallest absolute Gasteiger partial charge is 0.305 e. The molecule has 0 bridgehead atoms. The van der Waals surface area contributed by atoms with E-state index in [0.717, 1.165) is 0 Å². The Kier molecular flexibility index (Phi) is 4.74. The van der Waals surface area contributed by atoms with Gasteiger partial charge in [0.25, 0.3) is 5.91 Å². The van der Waals surface area contributed by atoms with Crippen LogP contribution in [0, 0.1) is 5.82 Å². The van der Waals surface area contributed by atoms with Gasteiger partial charge in [-0.15, -0.1) is 0 Å². The van der Waals surface area contributed by atoms with Gasteiger partial charge >= 0.3 is 5.97 Å². The lowest BCUT2D eigenvalue weighted by molar-refractivity contribution is -0.139. The van der Waals surface area contributed by atoms with Gasteiger partial charge in [-0.25, -0.2) is 4.39 Å². The summed E-state index contributed by atoms with van der Waals surface area (Å²) in [6, 6.07) is 5.27. The van der Waals surface area contributed by atoms with Crippen LogP contribution in [0.5, 0.6) is 5.75 Å². The maximum absolute atomic E-state index is 12.7. The highest BCUT2D eigenvalue weighted by Crippen LogP contribution is 2.22. The molecule has 1 aliphatic heterocycles. The first-order chi connectivity index (χ1) is 9.99. The Morgan fingerprint density at radius 3 is 2.67 bits per heavy atom. The number of carboxylic acids is 1. The van der Waals surface area contributed by atoms with E-state index in [-0.39, 0.29) is 19.6 Å². The number of nitrogens with one attached hydrogen (secondary N) is 1. The van der Waals surface area contributed by atoms with Crippen LogP contribution in [0.4, 0.5) is 4.39 Å². The monoisotopic (exact) mass is 297 g/mol. The molecule has 1 aromatic rings. The molecule has 1 fully saturated rings. The Morgan fingerprint density at radius 2 is 2.10 bits per heavy atom. The molecule has 0 aliphatic carbocycles. The van der Waals surface area contributed by atoms with Crippen molar-refractivity contribution >= 4 is 11.9 Å². The molecule has 7 heteroatoms. The number of carbonyl (C=O) groups is 2. The fraction of sp³-hybridized carbons (Fsp3) is 0.429. The average molecular weight is 297 g/mol. The van der Waals surface area contributed by atoms with Gasteiger partial charge in [0.2, 0.25) is 0 Å². The van der Waals surface area contributed by atoms with Crippen molar-refractivity contribution in [3.05, 3.63) is 30.1 Å². The first kappa shape index (κ1) is 15.2. The minimum absolute atomic E-state index is 0.168. The van der Waals surface area contributed by atoms with Crippen LogP contribution in [0.2, 0.25) is 0 Å². The lowest BCUT2D eigenvalue weighted by Gasteiger charge is -2.26. The third-order valence-corrected chi connectivity index (χ3v) is 3.18. The number of rotatable bonds is 6. The average Bonchev–Trinajstić information content (AvgIpc) is 2.85. The summed E-state index contributed by atoms with van der Waals surface area (Å²) >= 11 is 0. The molecular weight excluding hydrogens is 281 g/mol. The first-order valence-electron chi connectivity index (χ1n) is 6.48. The van der Waals surface area contributed by atoms with Crippen LogP contribution in [0.15, 0.2) is 24.3 Å². The Hall–Kier alpha value is -2.15. The molecule has 0 saturated carbocycles. The summed E-state index contributed by atoms with van der Waals surface area (Å²) in [5, 5.41) is 11.6. The molecule has 0 aromatic heterocycles. The summed E-state index contributed by atoms with van der Waals surface area (Å²) in [5.74, 6) is -1.47. The van der Waals surface area contributed by atoms with Gasteiger partial charge in [-0.1, -0.05) is 0 Å². The molecule has 0 spiro atoms. The van der Waals surface area contributed by atoms with Gasteiger partial charge in [-0.3, -0.25) is 9.59 Å². The van der Waals surface area contributed by atoms with Crippen molar-refractivity contribution in [2.24, 2.45) is 0 Å². The minimum Gasteiger partial charge on any atom is -0.484 e. The molecule has 0 radical (unpaired) electrons. The SMILES string of the molecule is O=C(O)CC1(NC(=O)COc2ccc(F)cc2)CCOC1. The predicted molar refractivity (Wildman–Crippen MR) is 70.5 cm³/mol. The fourth-order valence-electron chi connectivity index (χ4n) is 2.19. The van der Waals surface area contributed by atoms with Crippen LogP contribution < -0.4 is 10.1 Å². The molecule has 1 heterocycles. The van der Waals surface area contributed by atoms with E-state index in [0.29, 0.717) is 18.8 Å². The molecule has 1 aromatic carbocycles. The summed E-state index contributed by atoms with van der Waals surface area (Å²) in [6.07, 6.45) is 0.247. The van der Waals surface area contributed by atoms with Crippen molar-refractivity contribution in [1.29, 1.82) is 0 Å². The lowest BCUT2D eigenvalue weighted by atomic mass is 9.94. The van der Waals surface area contributed by atoms with Gasteiger partial charge in [0.1, 0.15) is 11.6 Å². The molecule has 21 heavy (non-hydrogen) atoms. The Bertz CT molecular complexity index is 511. The molecular formula is C14H16FNO5. The van der Waals surface area contributed by atoms with Crippen molar-refractivity contribution in [2.75, 3.05) is 19.8 Å². The van der Waals surface area contributed by atoms with E-state index in [1.54, 1.807) is 0 Å². The van der Waals surface area contributed by atoms with Crippen LogP contribution in [0.3, 0.4) is 0 Å². The Morgan fingerprint density at radius 1 is 1.38 bits per heavy atom. The molecule has 1 atom stereocenters. The number of ether oxygens (including phenoxy) is 2. The molecule has 2 rings (SSSR count). The van der Waals surface area contributed by atoms with Crippen LogP contribution >= 0.6 is 0 Å². The number of aliphatic carboxylic acids is 1. The molecule has 1 unspecified atom stereocenters. The number of carbonyl (C=O) groups excluding carboxylic acids is 1. The van der Waals surface area contributed by atoms with Crippen molar-refractivity contribution in [1.82, 2.24) is 5.32 Å². The van der Waals surface area contributed by atoms with Gasteiger partial charge < -0.3 is 19.9 Å². The van der Waals surface area contributed by atoms with Crippen molar-refractivity contribution in [2.45, 2.75) is 18.4 Å². The first-order valence-corrected chi connectivity index (χ1v) is 6.48. The highest BCUT2D eigenvalue weighted by atomic mass is 19.1. The van der Waals surface area contributed by atoms with Gasteiger partial charge in [-0.2, -0.15) is 0 Å². The zero-order valence-corrected chi connectivity index (χ0v) is 11.3. The maximum Gasteiger partial charge on any atom is 0.305 e. The highest BCUT2D eigenvalue weighted by molar-refractivity contribution is 5.79. The van der Waals surface area contributed by atoms with Crippen LogP contribution in [0.1, 0.15) is 12.8 Å². The van der Waals surface area contributed by atoms with Crippen LogP contribution in [-0.4, -0.2) is 42.3 Å². The Labute approximate surface area is 120 Å². The number of amides is 1. The van der Waals surface area contributed by atoms with Crippen molar-refractivity contribution < 1.29 is 28.6 Å². The highest BCUT2D eigenvalue weighted by Gasteiger charge is 2.38. The van der Waals surface area contributed by atoms with Crippen molar-refractivity contribution in [3.8, 4) is 5.75 Å². The third kappa shape index (κ3) is 4.42. The van der Waals surface area contributed by atoms with Gasteiger partial charge in [0.05, 0.1) is 18.6 Å². The van der Waals surface area contributed by atoms with Gasteiger partial charge in [-0.05, 0) is 30.7 Å². The number of hydrogen-bond donors (Lipinski definition) is 2. The summed E-state index contributed by atoms with van der Waals surface area (Å²) < 4.78 is 23.1. The van der Waals surface area contributed by atoms with E-state index in [1.807, 2.05) is 0 Å². The normalized spacial score (nSPS) is 21.0. The fourth-order valence-corrected chi connectivity index (χ4v) is 2.19. The van der Waals surface area contributed by atoms with Crippen LogP contribution in [0.25, 0.3) is 0 Å². The standard InChI is InChI=1S/C14H16FNO5/c15-10-1-3-11(4-2-10)21-8-12(17)16-14(7-13(18)19)5-6-20-9-14/h1-4H,5-9H2,(H,16,17)(H,18,19). The number of hydrogen-bond acceptors (Lipinski definition) is 4. The molecule has 2 N–H and O–H groups in total. The second-order valence-electron chi connectivity index (χ2n) is 4.94. The van der Waals surface area contributed by atoms with E-state index in [1.165, 1.54) is 24.3 Å². The van der Waals surface area contributed by atoms with Gasteiger partial charge in [0.15, 0.2) is 6.61 Å². The predicted octanol–water partition coefficient (Wildman–Crippen LogP) is 0.954. The van der Waals surface area contributed by atoms with E-state index in [4.69, 9.17) is 14.6 Å². The largest absolute Gasteiger partial charge is 0.484 e. The van der Waals surface area contributed by atoms with Crippen molar-refractivity contribution in [3.63, 3.8) is 0 Å². The minimum atomic E-state index is -1.000. The quantitative estimate of drug-likeness (QED) is 0.817. The maximum atomic E-state index is 12.7. The van der Waals surface area contributed by atoms with Crippen LogP contribution in [-0.2, 0) is 14.3 Å². The van der Waals surface area contributed by atoms with Gasteiger partial charge in [0, 0.05) is 6.61 Å². The molecule has 1 saturated heterocycles. The van der Waals surface area contributed by atoms with E-state index >= 15 is 0 Å². The molecule has 1 aliphatic rings. The summed E-state index contributed by atoms with van der Waals surface area (Å²) in [7, 11) is 0. The molecule has 1 amide bonds. The molecule has 114 valence electrons. The topological polar surface area (TPSA) is 84.9 Å². The lowest BCUT2D eigenvalue weighted by Crippen LogP contribution is -2.51. The number of halogens is 1. The Balaban J connectivity index is 1.87. The van der Waals surface area contributed by atoms with E-state index in [2.05, 4.69) is 5.32 Å². The van der Waals surface area contributed by atoms with E-state index in [9.17, 15) is 14.0 Å². The third-order valence-electron chi connectivity index (χ3n) is 3.18. The summed E-state index contributed by atoms with van der Waals surface area (Å²) in [5.41, 5.74) is -0.880. The molecule has 6 nitrogen and oxygen atoms in total. The zero-order chi connectivity index (χ0) is 15.3. The summed E-state index contributed by atoms with van der Waals surface area (Å²) in [4.78, 5) is 22.7. The second kappa shape index (κ2) is 6.53. The summed E-state index contributed by atoms with van der Waals surface area (Å²) in [6.45, 7) is 0.307. The number of carboxylic acid groups (broad SMARTS) is 1.